The fourth-order valence-corrected chi connectivity index (χ4v) is 1.99. The van der Waals surface area contributed by atoms with E-state index in [0.717, 1.165) is 11.1 Å². The number of carbonyl (C=O) groups is 1. The van der Waals surface area contributed by atoms with Crippen molar-refractivity contribution < 1.29 is 13.9 Å². The first-order chi connectivity index (χ1) is 11.1. The normalized spacial score (nSPS) is 10.3. The van der Waals surface area contributed by atoms with Crippen molar-refractivity contribution in [3.8, 4) is 17.1 Å². The largest absolute Gasteiger partial charge is 0.402 e. The van der Waals surface area contributed by atoms with Crippen LogP contribution in [0, 0.1) is 12.7 Å². The lowest BCUT2D eigenvalue weighted by Crippen LogP contribution is -2.09. The van der Waals surface area contributed by atoms with Gasteiger partial charge in [-0.1, -0.05) is 17.7 Å². The van der Waals surface area contributed by atoms with Gasteiger partial charge in [0.15, 0.2) is 0 Å². The molecule has 3 aromatic rings. The van der Waals surface area contributed by atoms with E-state index in [1.54, 1.807) is 36.4 Å². The van der Waals surface area contributed by atoms with E-state index < -0.39 is 5.97 Å². The van der Waals surface area contributed by atoms with E-state index >= 15 is 0 Å². The van der Waals surface area contributed by atoms with Gasteiger partial charge < -0.3 is 4.74 Å². The number of ether oxygens (including phenoxy) is 1. The zero-order valence-electron chi connectivity index (χ0n) is 12.4. The summed E-state index contributed by atoms with van der Waals surface area (Å²) in [6.07, 6.45) is 0. The number of carbonyl (C=O) groups excluding carboxylic acids is 1. The Kier molecular flexibility index (Phi) is 4.10. The summed E-state index contributed by atoms with van der Waals surface area (Å²) in [6, 6.07) is 16.2. The molecule has 1 heterocycles. The summed E-state index contributed by atoms with van der Waals surface area (Å²) >= 11 is 0. The SMILES string of the molecule is Cc1ccc(C(=O)Oc2ccc(-c3ccc(F)cc3)nn2)cc1. The van der Waals surface area contributed by atoms with Crippen molar-refractivity contribution in [2.24, 2.45) is 0 Å². The molecule has 4 nitrogen and oxygen atoms in total. The third-order valence-corrected chi connectivity index (χ3v) is 3.26. The minimum atomic E-state index is -0.492. The van der Waals surface area contributed by atoms with Crippen LogP contribution in [0.15, 0.2) is 60.7 Å². The fraction of sp³-hybridized carbons (Fsp3) is 0.0556. The van der Waals surface area contributed by atoms with E-state index in [-0.39, 0.29) is 11.7 Å². The fourth-order valence-electron chi connectivity index (χ4n) is 1.99. The molecule has 0 unspecified atom stereocenters. The number of hydrogen-bond donors (Lipinski definition) is 0. The second kappa shape index (κ2) is 6.36. The predicted molar refractivity (Wildman–Crippen MR) is 83.6 cm³/mol. The molecular formula is C18H13FN2O2. The van der Waals surface area contributed by atoms with Gasteiger partial charge >= 0.3 is 5.97 Å². The third-order valence-electron chi connectivity index (χ3n) is 3.26. The monoisotopic (exact) mass is 308 g/mol. The van der Waals surface area contributed by atoms with Crippen LogP contribution in [-0.2, 0) is 0 Å². The first-order valence-corrected chi connectivity index (χ1v) is 7.00. The zero-order chi connectivity index (χ0) is 16.2. The predicted octanol–water partition coefficient (Wildman–Crippen LogP) is 3.81. The molecule has 0 amide bonds. The molecule has 23 heavy (non-hydrogen) atoms. The third kappa shape index (κ3) is 3.58. The maximum Gasteiger partial charge on any atom is 0.344 e. The molecule has 0 aliphatic carbocycles. The molecule has 0 saturated carbocycles. The van der Waals surface area contributed by atoms with Gasteiger partial charge in [-0.05, 0) is 49.4 Å². The summed E-state index contributed by atoms with van der Waals surface area (Å²) in [5.74, 6) is -0.694. The molecule has 1 aromatic heterocycles. The maximum atomic E-state index is 12.9. The van der Waals surface area contributed by atoms with Crippen molar-refractivity contribution in [2.45, 2.75) is 6.92 Å². The van der Waals surface area contributed by atoms with Crippen molar-refractivity contribution in [1.82, 2.24) is 10.2 Å². The van der Waals surface area contributed by atoms with E-state index in [4.69, 9.17) is 4.74 Å². The molecule has 0 aliphatic rings. The summed E-state index contributed by atoms with van der Waals surface area (Å²) < 4.78 is 18.1. The molecule has 0 saturated heterocycles. The topological polar surface area (TPSA) is 52.1 Å². The number of nitrogens with zero attached hydrogens (tertiary/aromatic N) is 2. The lowest BCUT2D eigenvalue weighted by atomic mass is 10.1. The van der Waals surface area contributed by atoms with Crippen LogP contribution in [0.5, 0.6) is 5.88 Å². The van der Waals surface area contributed by atoms with Gasteiger partial charge in [-0.2, -0.15) is 0 Å². The molecule has 0 N–H and O–H groups in total. The van der Waals surface area contributed by atoms with Gasteiger partial charge in [0.05, 0.1) is 11.3 Å². The molecule has 5 heteroatoms. The van der Waals surface area contributed by atoms with Gasteiger partial charge in [-0.15, -0.1) is 10.2 Å². The van der Waals surface area contributed by atoms with Gasteiger partial charge in [0.1, 0.15) is 5.82 Å². The molecule has 0 spiro atoms. The van der Waals surface area contributed by atoms with Gasteiger partial charge in [-0.25, -0.2) is 9.18 Å². The van der Waals surface area contributed by atoms with Crippen LogP contribution in [0.3, 0.4) is 0 Å². The van der Waals surface area contributed by atoms with Crippen LogP contribution in [-0.4, -0.2) is 16.2 Å². The first-order valence-electron chi connectivity index (χ1n) is 7.00. The van der Waals surface area contributed by atoms with Crippen LogP contribution in [0.4, 0.5) is 4.39 Å². The number of aryl methyl sites for hydroxylation is 1. The molecule has 0 fully saturated rings. The Morgan fingerprint density at radius 3 is 2.22 bits per heavy atom. The smallest absolute Gasteiger partial charge is 0.344 e. The minimum absolute atomic E-state index is 0.112. The highest BCUT2D eigenvalue weighted by atomic mass is 19.1. The molecule has 3 rings (SSSR count). The highest BCUT2D eigenvalue weighted by molar-refractivity contribution is 5.90. The van der Waals surface area contributed by atoms with E-state index in [9.17, 15) is 9.18 Å². The van der Waals surface area contributed by atoms with Crippen LogP contribution in [0.2, 0.25) is 0 Å². The second-order valence-corrected chi connectivity index (χ2v) is 5.02. The average molecular weight is 308 g/mol. The number of halogens is 1. The van der Waals surface area contributed by atoms with Crippen molar-refractivity contribution in [1.29, 1.82) is 0 Å². The molecule has 114 valence electrons. The molecule has 0 bridgehead atoms. The van der Waals surface area contributed by atoms with Gasteiger partial charge in [-0.3, -0.25) is 0 Å². The molecule has 0 atom stereocenters. The standard InChI is InChI=1S/C18H13FN2O2/c1-12-2-4-14(5-3-12)18(22)23-17-11-10-16(20-21-17)13-6-8-15(19)9-7-13/h2-11H,1H3. The Balaban J connectivity index is 1.73. The van der Waals surface area contributed by atoms with Crippen LogP contribution >= 0.6 is 0 Å². The quantitative estimate of drug-likeness (QED) is 0.690. The van der Waals surface area contributed by atoms with Crippen molar-refractivity contribution in [3.63, 3.8) is 0 Å². The first kappa shape index (κ1) is 14.8. The van der Waals surface area contributed by atoms with Gasteiger partial charge in [0.25, 0.3) is 0 Å². The van der Waals surface area contributed by atoms with Crippen LogP contribution < -0.4 is 4.74 Å². The Bertz CT molecular complexity index is 813. The number of aromatic nitrogens is 2. The zero-order valence-corrected chi connectivity index (χ0v) is 12.4. The van der Waals surface area contributed by atoms with Gasteiger partial charge in [0, 0.05) is 11.6 Å². The molecular weight excluding hydrogens is 295 g/mol. The number of benzene rings is 2. The highest BCUT2D eigenvalue weighted by Crippen LogP contribution is 2.18. The number of hydrogen-bond acceptors (Lipinski definition) is 4. The Morgan fingerprint density at radius 2 is 1.61 bits per heavy atom. The van der Waals surface area contributed by atoms with Crippen molar-refractivity contribution in [2.75, 3.05) is 0 Å². The summed E-state index contributed by atoms with van der Waals surface area (Å²) in [5, 5.41) is 7.86. The summed E-state index contributed by atoms with van der Waals surface area (Å²) in [6.45, 7) is 1.94. The van der Waals surface area contributed by atoms with E-state index in [1.165, 1.54) is 12.1 Å². The molecule has 0 aliphatic heterocycles. The lowest BCUT2D eigenvalue weighted by molar-refractivity contribution is 0.0726. The molecule has 0 radical (unpaired) electrons. The maximum absolute atomic E-state index is 12.9. The Labute approximate surface area is 132 Å². The number of esters is 1. The summed E-state index contributed by atoms with van der Waals surface area (Å²) in [4.78, 5) is 12.0. The van der Waals surface area contributed by atoms with Crippen molar-refractivity contribution in [3.05, 3.63) is 77.6 Å². The number of rotatable bonds is 3. The highest BCUT2D eigenvalue weighted by Gasteiger charge is 2.10. The Hall–Kier alpha value is -3.08. The van der Waals surface area contributed by atoms with Crippen LogP contribution in [0.1, 0.15) is 15.9 Å². The van der Waals surface area contributed by atoms with Crippen LogP contribution in [0.25, 0.3) is 11.3 Å². The molecule has 2 aromatic carbocycles. The minimum Gasteiger partial charge on any atom is -0.402 e. The summed E-state index contributed by atoms with van der Waals surface area (Å²) in [7, 11) is 0. The Morgan fingerprint density at radius 1 is 0.913 bits per heavy atom. The van der Waals surface area contributed by atoms with E-state index in [0.29, 0.717) is 11.3 Å². The van der Waals surface area contributed by atoms with E-state index in [1.807, 2.05) is 19.1 Å². The van der Waals surface area contributed by atoms with Gasteiger partial charge in [0.2, 0.25) is 5.88 Å². The van der Waals surface area contributed by atoms with Crippen molar-refractivity contribution >= 4 is 5.97 Å². The van der Waals surface area contributed by atoms with E-state index in [2.05, 4.69) is 10.2 Å². The average Bonchev–Trinajstić information content (AvgIpc) is 2.57. The lowest BCUT2D eigenvalue weighted by Gasteiger charge is -2.04. The summed E-state index contributed by atoms with van der Waals surface area (Å²) in [5.41, 5.74) is 2.81. The second-order valence-electron chi connectivity index (χ2n) is 5.02.